The molecule has 10 heteroatoms. The van der Waals surface area contributed by atoms with Gasteiger partial charge in [-0.05, 0) is 0 Å². The lowest BCUT2D eigenvalue weighted by molar-refractivity contribution is -0.131. The summed E-state index contributed by atoms with van der Waals surface area (Å²) in [5.74, 6) is -3.06. The molecular weight excluding hydrogens is 406 g/mol. The molecule has 0 bridgehead atoms. The van der Waals surface area contributed by atoms with Crippen LogP contribution in [-0.2, 0) is 9.59 Å². The Kier molecular flexibility index (Phi) is 8.42. The van der Waals surface area contributed by atoms with E-state index in [1.807, 2.05) is 36.4 Å². The van der Waals surface area contributed by atoms with Crippen molar-refractivity contribution in [2.45, 2.75) is 26.2 Å². The average molecular weight is 432 g/mol. The molecule has 2 amide bonds. The second kappa shape index (κ2) is 11.0. The number of piperidine rings is 1. The highest BCUT2D eigenvalue weighted by Gasteiger charge is 2.40. The minimum atomic E-state index is -2.58. The number of carbonyl (C=O) groups excluding carboxylic acids is 2. The van der Waals surface area contributed by atoms with Gasteiger partial charge in [-0.1, -0.05) is 43.3 Å². The number of fused-ring (bicyclic) bond motifs is 1. The zero-order valence-electron chi connectivity index (χ0n) is 17.4. The predicted octanol–water partition coefficient (Wildman–Crippen LogP) is 3.31. The van der Waals surface area contributed by atoms with Gasteiger partial charge in [0.25, 0.3) is 5.92 Å². The van der Waals surface area contributed by atoms with Gasteiger partial charge in [0.15, 0.2) is 0 Å². The van der Waals surface area contributed by atoms with Crippen LogP contribution in [0, 0.1) is 5.92 Å². The van der Waals surface area contributed by atoms with Crippen LogP contribution in [0.2, 0.25) is 0 Å². The maximum absolute atomic E-state index is 12.8. The molecule has 0 spiro atoms. The number of hydrogen-bond acceptors (Lipinski definition) is 5. The summed E-state index contributed by atoms with van der Waals surface area (Å²) in [7, 11) is 0. The van der Waals surface area contributed by atoms with Crippen molar-refractivity contribution in [3.05, 3.63) is 48.8 Å². The zero-order chi connectivity index (χ0) is 22.9. The van der Waals surface area contributed by atoms with Crippen LogP contribution < -0.4 is 11.1 Å². The van der Waals surface area contributed by atoms with Crippen LogP contribution in [0.3, 0.4) is 0 Å². The first kappa shape index (κ1) is 23.7. The molecular formula is C21H26F2N6O2. The maximum Gasteiger partial charge on any atom is 0.254 e. The summed E-state index contributed by atoms with van der Waals surface area (Å²) in [5.41, 5.74) is 6.89. The molecule has 4 N–H and O–H groups in total. The first-order chi connectivity index (χ1) is 14.7. The standard InChI is InChI=1S/C8H9N5O.C7H11F2NO.C6H6/c1-4(14)12-6-3-10-8(9)5-2-11-13-7(5)6;1-6-4-10(5-11)3-2-7(6,8)9;1-2-4-6-5-3-1/h2-3H,1H3,(H2,9,10)(H,11,13)(H,12,14);5-6H,2-4H2,1H3;1-6H. The van der Waals surface area contributed by atoms with Gasteiger partial charge in [-0.3, -0.25) is 14.7 Å². The normalized spacial score (nSPS) is 16.9. The Bertz CT molecular complexity index is 954. The van der Waals surface area contributed by atoms with E-state index in [1.54, 1.807) is 6.20 Å². The number of alkyl halides is 2. The lowest BCUT2D eigenvalue weighted by atomic mass is 9.96. The number of halogens is 2. The third-order valence-corrected chi connectivity index (χ3v) is 4.61. The van der Waals surface area contributed by atoms with E-state index >= 15 is 0 Å². The van der Waals surface area contributed by atoms with E-state index in [0.717, 1.165) is 0 Å². The van der Waals surface area contributed by atoms with Gasteiger partial charge in [0, 0.05) is 32.4 Å². The number of rotatable bonds is 2. The van der Waals surface area contributed by atoms with Crippen LogP contribution in [0.5, 0.6) is 0 Å². The van der Waals surface area contributed by atoms with Gasteiger partial charge in [-0.15, -0.1) is 0 Å². The third-order valence-electron chi connectivity index (χ3n) is 4.61. The number of nitrogens with two attached hydrogens (primary N) is 1. The van der Waals surface area contributed by atoms with E-state index in [9.17, 15) is 18.4 Å². The van der Waals surface area contributed by atoms with Crippen LogP contribution in [0.4, 0.5) is 20.3 Å². The van der Waals surface area contributed by atoms with Gasteiger partial charge >= 0.3 is 0 Å². The molecule has 3 heterocycles. The molecule has 166 valence electrons. The Morgan fingerprint density at radius 2 is 1.87 bits per heavy atom. The molecule has 0 radical (unpaired) electrons. The summed E-state index contributed by atoms with van der Waals surface area (Å²) in [6.45, 7) is 3.26. The van der Waals surface area contributed by atoms with E-state index in [2.05, 4.69) is 20.5 Å². The summed E-state index contributed by atoms with van der Waals surface area (Å²) in [6, 6.07) is 12.0. The maximum atomic E-state index is 12.8. The fraction of sp³-hybridized carbons (Fsp3) is 0.333. The highest BCUT2D eigenvalue weighted by Crippen LogP contribution is 2.32. The lowest BCUT2D eigenvalue weighted by Crippen LogP contribution is -2.45. The number of likely N-dealkylation sites (tertiary alicyclic amines) is 1. The third kappa shape index (κ3) is 7.02. The van der Waals surface area contributed by atoms with Crippen LogP contribution in [0.15, 0.2) is 48.8 Å². The Morgan fingerprint density at radius 3 is 2.39 bits per heavy atom. The van der Waals surface area contributed by atoms with Crippen molar-refractivity contribution >= 4 is 34.7 Å². The van der Waals surface area contributed by atoms with Crippen molar-refractivity contribution < 1.29 is 18.4 Å². The number of H-pyrrole nitrogens is 1. The first-order valence-corrected chi connectivity index (χ1v) is 9.67. The summed E-state index contributed by atoms with van der Waals surface area (Å²) < 4.78 is 25.5. The Morgan fingerprint density at radius 1 is 1.26 bits per heavy atom. The van der Waals surface area contributed by atoms with Gasteiger partial charge in [0.2, 0.25) is 12.3 Å². The molecule has 1 unspecified atom stereocenters. The van der Waals surface area contributed by atoms with E-state index < -0.39 is 11.8 Å². The highest BCUT2D eigenvalue weighted by atomic mass is 19.3. The van der Waals surface area contributed by atoms with Gasteiger partial charge in [-0.25, -0.2) is 13.8 Å². The van der Waals surface area contributed by atoms with Gasteiger partial charge < -0.3 is 16.0 Å². The number of amides is 2. The van der Waals surface area contributed by atoms with E-state index in [0.29, 0.717) is 28.8 Å². The van der Waals surface area contributed by atoms with Gasteiger partial charge in [-0.2, -0.15) is 5.10 Å². The minimum Gasteiger partial charge on any atom is -0.383 e. The highest BCUT2D eigenvalue weighted by molar-refractivity contribution is 6.01. The smallest absolute Gasteiger partial charge is 0.254 e. The molecule has 1 aliphatic rings. The number of nitrogen functional groups attached to an aromatic ring is 1. The van der Waals surface area contributed by atoms with Crippen LogP contribution >= 0.6 is 0 Å². The molecule has 1 aliphatic heterocycles. The number of benzene rings is 1. The van der Waals surface area contributed by atoms with Crippen molar-refractivity contribution in [2.75, 3.05) is 24.1 Å². The SMILES string of the molecule is CC(=O)Nc1cnc(N)c2cn[nH]c12.CC1CN(C=O)CCC1(F)F.c1ccccc1. The Labute approximate surface area is 178 Å². The lowest BCUT2D eigenvalue weighted by Gasteiger charge is -2.34. The summed E-state index contributed by atoms with van der Waals surface area (Å²) in [4.78, 5) is 26.4. The molecule has 1 fully saturated rings. The van der Waals surface area contributed by atoms with Crippen LogP contribution in [0.25, 0.3) is 10.9 Å². The van der Waals surface area contributed by atoms with Crippen LogP contribution in [-0.4, -0.2) is 51.4 Å². The monoisotopic (exact) mass is 432 g/mol. The van der Waals surface area contributed by atoms with Gasteiger partial charge in [0.05, 0.1) is 29.0 Å². The average Bonchev–Trinajstić information content (AvgIpc) is 3.25. The minimum absolute atomic E-state index is 0.160. The summed E-state index contributed by atoms with van der Waals surface area (Å²) in [5, 5.41) is 9.92. The number of carbonyl (C=O) groups is 2. The summed E-state index contributed by atoms with van der Waals surface area (Å²) >= 11 is 0. The number of aromatic amines is 1. The number of anilines is 2. The number of hydrogen-bond donors (Lipinski definition) is 3. The fourth-order valence-corrected chi connectivity index (χ4v) is 2.83. The van der Waals surface area contributed by atoms with E-state index in [1.165, 1.54) is 24.9 Å². The molecule has 0 aliphatic carbocycles. The van der Waals surface area contributed by atoms with Gasteiger partial charge in [0.1, 0.15) is 5.82 Å². The van der Waals surface area contributed by atoms with Crippen molar-refractivity contribution in [3.63, 3.8) is 0 Å². The number of nitrogens with zero attached hydrogens (tertiary/aromatic N) is 3. The van der Waals surface area contributed by atoms with Crippen molar-refractivity contribution in [1.29, 1.82) is 0 Å². The topological polar surface area (TPSA) is 117 Å². The Hall–Kier alpha value is -3.56. The largest absolute Gasteiger partial charge is 0.383 e. The molecule has 1 saturated heterocycles. The molecule has 3 aromatic rings. The van der Waals surface area contributed by atoms with Crippen LogP contribution in [0.1, 0.15) is 20.3 Å². The number of aromatic nitrogens is 3. The number of nitrogens with one attached hydrogen (secondary N) is 2. The van der Waals surface area contributed by atoms with Crippen molar-refractivity contribution in [3.8, 4) is 0 Å². The zero-order valence-corrected chi connectivity index (χ0v) is 17.4. The second-order valence-electron chi connectivity index (χ2n) is 7.06. The summed E-state index contributed by atoms with van der Waals surface area (Å²) in [6.07, 6.45) is 3.50. The van der Waals surface area contributed by atoms with Crippen molar-refractivity contribution in [1.82, 2.24) is 20.1 Å². The molecule has 8 nitrogen and oxygen atoms in total. The molecule has 1 aromatic carbocycles. The fourth-order valence-electron chi connectivity index (χ4n) is 2.83. The van der Waals surface area contributed by atoms with Crippen molar-refractivity contribution in [2.24, 2.45) is 5.92 Å². The molecule has 1 atom stereocenters. The van der Waals surface area contributed by atoms with E-state index in [4.69, 9.17) is 5.73 Å². The predicted molar refractivity (Wildman–Crippen MR) is 115 cm³/mol. The number of pyridine rings is 1. The second-order valence-corrected chi connectivity index (χ2v) is 7.06. The quantitative estimate of drug-likeness (QED) is 0.537. The first-order valence-electron chi connectivity index (χ1n) is 9.67. The van der Waals surface area contributed by atoms with E-state index in [-0.39, 0.29) is 25.4 Å². The Balaban J connectivity index is 0.000000178. The molecule has 4 rings (SSSR count). The molecule has 2 aromatic heterocycles. The molecule has 0 saturated carbocycles. The molecule has 31 heavy (non-hydrogen) atoms.